The number of fused-ring (bicyclic) bond motifs is 14. The summed E-state index contributed by atoms with van der Waals surface area (Å²) in [6.07, 6.45) is -8.64. The van der Waals surface area contributed by atoms with Gasteiger partial charge in [0.25, 0.3) is 23.5 Å². The minimum atomic E-state index is -2.75. The number of primary amides is 1. The lowest BCUT2D eigenvalue weighted by atomic mass is 9.78. The number of aromatic hydroxyl groups is 1. The Morgan fingerprint density at radius 1 is 0.748 bits per heavy atom. The number of benzene rings is 1. The number of aliphatic hydroxyl groups excluding tert-OH is 7. The molecule has 20 N–H and O–H groups in total. The zero-order valence-corrected chi connectivity index (χ0v) is 61.2. The maximum Gasteiger partial charge on any atom is 0.336 e. The van der Waals surface area contributed by atoms with Crippen LogP contribution in [-0.4, -0.2) is 252 Å². The molecular formula is C69H96N10O28. The summed E-state index contributed by atoms with van der Waals surface area (Å²) in [6.45, 7) is 13.9. The predicted octanol–water partition coefficient (Wildman–Crippen LogP) is -5.50. The number of hydrogen-bond acceptors (Lipinski definition) is 28. The number of esters is 1. The largest absolute Gasteiger partial charge is 0.507 e. The van der Waals surface area contributed by atoms with E-state index in [1.54, 1.807) is 33.0 Å². The van der Waals surface area contributed by atoms with Gasteiger partial charge < -0.3 is 118 Å². The Hall–Kier alpha value is -10.1. The van der Waals surface area contributed by atoms with Crippen LogP contribution in [0.4, 0.5) is 0 Å². The van der Waals surface area contributed by atoms with Crippen LogP contribution in [0.15, 0.2) is 47.5 Å². The first-order valence-corrected chi connectivity index (χ1v) is 34.1. The van der Waals surface area contributed by atoms with E-state index in [1.165, 1.54) is 73.0 Å². The van der Waals surface area contributed by atoms with E-state index < -0.39 is 286 Å². The third-order valence-electron chi connectivity index (χ3n) is 19.2. The number of amides is 9. The van der Waals surface area contributed by atoms with Gasteiger partial charge in [0.1, 0.15) is 65.4 Å². The Morgan fingerprint density at radius 3 is 1.93 bits per heavy atom. The van der Waals surface area contributed by atoms with Crippen LogP contribution in [0.2, 0.25) is 0 Å². The number of nitrogens with one attached hydrogen (secondary N) is 9. The van der Waals surface area contributed by atoms with E-state index in [4.69, 9.17) is 24.7 Å². The van der Waals surface area contributed by atoms with Crippen molar-refractivity contribution in [1.82, 2.24) is 47.9 Å². The summed E-state index contributed by atoms with van der Waals surface area (Å²) in [7, 11) is 1.32. The lowest BCUT2D eigenvalue weighted by Gasteiger charge is -2.38. The highest BCUT2D eigenvalue weighted by molar-refractivity contribution is 6.32. The SMILES string of the molecule is CO[C@H]1/C=C/O[C@@]2(C)Oc3c(C)c(O)c4c(c3C2=O)C(=O)C(NC(C)C(C)C(=O)NCC2NC(=O)C(C(=O)O)NC(=O)C(O)CNC(=O)C(C(C)O)NC(=O)C(C(O)C(O)C(N)=O)NC(=O)C(C(C)C)CC(=O)C(CO)NC2=O)=C(NC(=O)/C(C)=C\C=C\[C@H](C)[C@H](O)[C@@H](C)[C@@H](O)[C@@H](C)[C@H](OC(C)=O)[C@@H]1C)C4=O. The molecule has 107 heavy (non-hydrogen) atoms. The Balaban J connectivity index is 1.58. The number of ether oxygens (including phenoxy) is 4. The summed E-state index contributed by atoms with van der Waals surface area (Å²) >= 11 is 0. The number of carbonyl (C=O) groups is 15. The molecule has 1 aliphatic carbocycles. The highest BCUT2D eigenvalue weighted by Crippen LogP contribution is 2.49. The molecule has 1 aromatic rings. The molecule has 5 bridgehead atoms. The van der Waals surface area contributed by atoms with E-state index in [0.717, 1.165) is 27.0 Å². The first kappa shape index (κ1) is 87.5. The number of aliphatic hydroxyl groups is 7. The second-order valence-corrected chi connectivity index (χ2v) is 27.4. The van der Waals surface area contributed by atoms with Gasteiger partial charge >= 0.3 is 17.7 Å². The van der Waals surface area contributed by atoms with Gasteiger partial charge in [-0.05, 0) is 39.7 Å². The molecule has 9 amide bonds. The number of Topliss-reactive ketones (excluding diaryl/α,β-unsaturated/α-hetero) is 4. The van der Waals surface area contributed by atoms with Crippen LogP contribution in [0, 0.1) is 48.3 Å². The molecule has 1 aromatic carbocycles. The summed E-state index contributed by atoms with van der Waals surface area (Å²) in [6, 6.07) is -13.0. The van der Waals surface area contributed by atoms with Crippen LogP contribution in [0.5, 0.6) is 11.5 Å². The molecule has 0 saturated carbocycles. The topological polar surface area (TPSA) is 609 Å². The fourth-order valence-corrected chi connectivity index (χ4v) is 12.2. The van der Waals surface area contributed by atoms with Gasteiger partial charge in [-0.1, -0.05) is 66.7 Å². The fraction of sp³-hybridized carbons (Fsp3) is 0.580. The van der Waals surface area contributed by atoms with E-state index in [9.17, 15) is 108 Å². The van der Waals surface area contributed by atoms with E-state index in [2.05, 4.69) is 26.6 Å². The van der Waals surface area contributed by atoms with Crippen molar-refractivity contribution in [3.8, 4) is 11.5 Å². The third-order valence-corrected chi connectivity index (χ3v) is 19.2. The number of nitrogens with two attached hydrogens (primary N) is 1. The first-order valence-electron chi connectivity index (χ1n) is 34.1. The van der Waals surface area contributed by atoms with E-state index >= 15 is 9.59 Å². The predicted molar refractivity (Wildman–Crippen MR) is 367 cm³/mol. The molecular weight excluding hydrogens is 1420 g/mol. The van der Waals surface area contributed by atoms with Gasteiger partial charge in [0, 0.05) is 80.7 Å². The highest BCUT2D eigenvalue weighted by Gasteiger charge is 2.54. The number of β-amino-alcohol motifs (C(OH)–C–C–N with tert-alkyl or cyclic N) is 1. The number of methoxy groups -OCH3 is 1. The Morgan fingerprint density at radius 2 is 1.36 bits per heavy atom. The fourth-order valence-electron chi connectivity index (χ4n) is 12.2. The van der Waals surface area contributed by atoms with Crippen LogP contribution in [0.25, 0.3) is 0 Å². The number of allylic oxidation sites excluding steroid dienone is 4. The molecule has 21 atom stereocenters. The quantitative estimate of drug-likeness (QED) is 0.0575. The number of carbonyl (C=O) groups excluding carboxylic acids is 14. The zero-order chi connectivity index (χ0) is 81.0. The summed E-state index contributed by atoms with van der Waals surface area (Å²) in [4.78, 5) is 208. The number of phenolic OH excluding ortho intramolecular Hbond substituents is 1. The van der Waals surface area contributed by atoms with E-state index in [-0.39, 0.29) is 11.1 Å². The number of carboxylic acid groups (broad SMARTS) is 1. The second-order valence-electron chi connectivity index (χ2n) is 27.4. The zero-order valence-electron chi connectivity index (χ0n) is 61.2. The lowest BCUT2D eigenvalue weighted by molar-refractivity contribution is -0.160. The van der Waals surface area contributed by atoms with Crippen LogP contribution >= 0.6 is 0 Å². The van der Waals surface area contributed by atoms with Crippen LogP contribution in [0.1, 0.15) is 126 Å². The van der Waals surface area contributed by atoms with Crippen molar-refractivity contribution in [2.75, 3.05) is 26.8 Å². The van der Waals surface area contributed by atoms with Crippen LogP contribution in [-0.2, 0) is 71.7 Å². The number of carboxylic acids is 1. The smallest absolute Gasteiger partial charge is 0.336 e. The maximum absolute atomic E-state index is 15.4. The highest BCUT2D eigenvalue weighted by atomic mass is 16.7. The summed E-state index contributed by atoms with van der Waals surface area (Å²) < 4.78 is 23.5. The molecule has 12 unspecified atom stereocenters. The van der Waals surface area contributed by atoms with Gasteiger partial charge in [-0.3, -0.25) is 67.1 Å². The molecule has 38 heteroatoms. The Bertz CT molecular complexity index is 3790. The molecule has 38 nitrogen and oxygen atoms in total. The monoisotopic (exact) mass is 1510 g/mol. The van der Waals surface area contributed by atoms with Crippen molar-refractivity contribution in [2.45, 2.75) is 187 Å². The molecule has 4 heterocycles. The van der Waals surface area contributed by atoms with Crippen molar-refractivity contribution in [1.29, 1.82) is 0 Å². The number of hydrogen-bond donors (Lipinski definition) is 19. The van der Waals surface area contributed by atoms with Gasteiger partial charge in [-0.15, -0.1) is 0 Å². The Kier molecular flexibility index (Phi) is 30.2. The van der Waals surface area contributed by atoms with Crippen molar-refractivity contribution < 1.29 is 137 Å². The van der Waals surface area contributed by atoms with E-state index in [1.807, 2.05) is 16.0 Å². The van der Waals surface area contributed by atoms with Crippen LogP contribution in [0.3, 0.4) is 0 Å². The normalized spacial score (nSPS) is 31.2. The van der Waals surface area contributed by atoms with Crippen molar-refractivity contribution in [3.05, 3.63) is 69.8 Å². The van der Waals surface area contributed by atoms with Gasteiger partial charge in [0.15, 0.2) is 11.9 Å². The van der Waals surface area contributed by atoms with Crippen molar-refractivity contribution in [2.24, 2.45) is 47.2 Å². The Labute approximate surface area is 613 Å². The molecule has 0 radical (unpaired) electrons. The number of ketones is 4. The minimum absolute atomic E-state index is 0.142. The summed E-state index contributed by atoms with van der Waals surface area (Å²) in [5, 5.41) is 118. The molecule has 4 aliphatic heterocycles. The van der Waals surface area contributed by atoms with Crippen LogP contribution < -0.4 is 58.3 Å². The number of phenols is 1. The van der Waals surface area contributed by atoms with E-state index in [0.29, 0.717) is 0 Å². The molecule has 1 saturated heterocycles. The van der Waals surface area contributed by atoms with Gasteiger partial charge in [-0.25, -0.2) is 4.79 Å². The first-order chi connectivity index (χ1) is 49.8. The molecule has 6 rings (SSSR count). The third kappa shape index (κ3) is 20.3. The van der Waals surface area contributed by atoms with Gasteiger partial charge in [0.05, 0.1) is 66.4 Å². The summed E-state index contributed by atoms with van der Waals surface area (Å²) in [5.74, 6) is -31.6. The van der Waals surface area contributed by atoms with Crippen molar-refractivity contribution >= 4 is 88.2 Å². The lowest BCUT2D eigenvalue weighted by Crippen LogP contribution is -2.64. The standard InChI is InChI=1S/C69H96N10O28/c1-24(2)35-20-38(83)37(23-80)75-63(97)36(74-67(101)48(68(102)103)79-64(98)39(84)22-72-65(99)44(33(11)81)76-66(100)47(78-62(35)96)54(90)55(91)59(70)93)21-71-61(95)27(5)32(10)73-45-46-53(89)42-41(52(45)88)43-57(31(9)51(42)87)107-69(13,58(43)92)105-19-18-40(104-14)28(6)56(106-34(12)82)30(8)50(86)29(7)49(85)25(3)16-15-17-26(4)60(94)77-46/h15-19,24-25,27-30,32-33,35-37,39-40,44,47-50,54-56,73,80-81,84-87,90-91H,20-23H2,1-14H3,(H2,70,93)(H,71,95)(H,72,99)(H,74,101)(H,75,97)(H,76,100)(H,77,94)(H,78,96)(H,79,98)(H,102,103)/b16-15+,19-18+,26-17-/t25-,27?,28+,29+,30+,32?,33?,35?,36?,37?,39?,40-,44?,47?,48?,49-,50+,54?,55?,56+,69-/m0/s1. The second kappa shape index (κ2) is 37.0. The molecule has 1 fully saturated rings. The van der Waals surface area contributed by atoms with Gasteiger partial charge in [0.2, 0.25) is 53.1 Å². The average molecular weight is 1510 g/mol. The van der Waals surface area contributed by atoms with Gasteiger partial charge in [-0.2, -0.15) is 0 Å². The molecule has 0 spiro atoms. The molecule has 590 valence electrons. The van der Waals surface area contributed by atoms with Crippen molar-refractivity contribution in [3.63, 3.8) is 0 Å². The number of aliphatic carboxylic acids is 1. The molecule has 0 aromatic heterocycles. The average Bonchev–Trinajstić information content (AvgIpc) is 1.63. The maximum atomic E-state index is 15.4. The molecule has 5 aliphatic rings. The summed E-state index contributed by atoms with van der Waals surface area (Å²) in [5.41, 5.74) is 1.00. The number of rotatable bonds is 15. The minimum Gasteiger partial charge on any atom is -0.507 e.